The van der Waals surface area contributed by atoms with Crippen LogP contribution in [0.15, 0.2) is 71.6 Å². The van der Waals surface area contributed by atoms with Crippen LogP contribution < -0.4 is 14.8 Å². The average Bonchev–Trinajstić information content (AvgIpc) is 2.79. The third-order valence-electron chi connectivity index (χ3n) is 5.39. The van der Waals surface area contributed by atoms with Crippen LogP contribution in [0.4, 0.5) is 5.69 Å². The Kier molecular flexibility index (Phi) is 7.20. The Hall–Kier alpha value is -3.32. The molecule has 6 nitrogen and oxygen atoms in total. The molecule has 0 aliphatic heterocycles. The zero-order valence-electron chi connectivity index (χ0n) is 18.7. The minimum absolute atomic E-state index is 0.169. The summed E-state index contributed by atoms with van der Waals surface area (Å²) in [5, 5.41) is 3.05. The van der Waals surface area contributed by atoms with E-state index < -0.39 is 10.0 Å². The third kappa shape index (κ3) is 5.29. The van der Waals surface area contributed by atoms with Crippen molar-refractivity contribution in [1.29, 1.82) is 0 Å². The van der Waals surface area contributed by atoms with Crippen LogP contribution >= 0.6 is 0 Å². The first-order chi connectivity index (χ1) is 15.2. The van der Waals surface area contributed by atoms with Crippen LogP contribution in [0.1, 0.15) is 46.4 Å². The van der Waals surface area contributed by atoms with E-state index in [1.165, 1.54) is 0 Å². The quantitative estimate of drug-likeness (QED) is 0.504. The largest absolute Gasteiger partial charge is 0.497 e. The number of hydrogen-bond donors (Lipinski definition) is 2. The molecule has 0 aliphatic carbocycles. The van der Waals surface area contributed by atoms with Gasteiger partial charge in [0.2, 0.25) is 0 Å². The molecular weight excluding hydrogens is 424 g/mol. The maximum atomic E-state index is 13.0. The summed E-state index contributed by atoms with van der Waals surface area (Å²) in [4.78, 5) is 13.2. The Labute approximate surface area is 189 Å². The van der Waals surface area contributed by atoms with Crippen molar-refractivity contribution < 1.29 is 17.9 Å². The molecule has 0 radical (unpaired) electrons. The van der Waals surface area contributed by atoms with Gasteiger partial charge in [-0.3, -0.25) is 9.52 Å². The van der Waals surface area contributed by atoms with Crippen molar-refractivity contribution >= 4 is 21.6 Å². The maximum absolute atomic E-state index is 13.0. The van der Waals surface area contributed by atoms with E-state index in [2.05, 4.69) is 10.0 Å². The fourth-order valence-electron chi connectivity index (χ4n) is 3.41. The van der Waals surface area contributed by atoms with Crippen molar-refractivity contribution in [3.63, 3.8) is 0 Å². The topological polar surface area (TPSA) is 84.5 Å². The number of aryl methyl sites for hydroxylation is 1. The second kappa shape index (κ2) is 9.87. The standard InChI is InChI=1S/C25H28N2O4S/c1-5-23(19-11-13-20(31-4)14-12-19)26-25(28)22-7-6-8-24(18(22)3)27-32(29,30)21-15-9-17(2)10-16-21/h6-16,23,27H,5H2,1-4H3,(H,26,28)/t23-/m1/s1. The van der Waals surface area contributed by atoms with Crippen molar-refractivity contribution in [2.45, 2.75) is 38.1 Å². The highest BCUT2D eigenvalue weighted by Crippen LogP contribution is 2.25. The Bertz CT molecular complexity index is 1190. The summed E-state index contributed by atoms with van der Waals surface area (Å²) in [5.74, 6) is 0.487. The molecule has 0 heterocycles. The lowest BCUT2D eigenvalue weighted by Gasteiger charge is -2.19. The first kappa shape index (κ1) is 23.3. The lowest BCUT2D eigenvalue weighted by Crippen LogP contribution is -2.29. The van der Waals surface area contributed by atoms with Crippen LogP contribution in [0.5, 0.6) is 5.75 Å². The Morgan fingerprint density at radius 1 is 0.969 bits per heavy atom. The number of methoxy groups -OCH3 is 1. The molecule has 3 aromatic rings. The van der Waals surface area contributed by atoms with Crippen molar-refractivity contribution in [1.82, 2.24) is 5.32 Å². The van der Waals surface area contributed by atoms with Crippen molar-refractivity contribution in [2.24, 2.45) is 0 Å². The summed E-state index contributed by atoms with van der Waals surface area (Å²) in [6, 6.07) is 19.0. The molecule has 7 heteroatoms. The highest BCUT2D eigenvalue weighted by molar-refractivity contribution is 7.92. The zero-order valence-corrected chi connectivity index (χ0v) is 19.5. The maximum Gasteiger partial charge on any atom is 0.261 e. The number of carbonyl (C=O) groups is 1. The van der Waals surface area contributed by atoms with Gasteiger partial charge in [0.1, 0.15) is 5.75 Å². The van der Waals surface area contributed by atoms with Gasteiger partial charge in [0.05, 0.1) is 23.7 Å². The van der Waals surface area contributed by atoms with Gasteiger partial charge in [0.25, 0.3) is 15.9 Å². The monoisotopic (exact) mass is 452 g/mol. The highest BCUT2D eigenvalue weighted by atomic mass is 32.2. The van der Waals surface area contributed by atoms with Gasteiger partial charge in [-0.2, -0.15) is 0 Å². The van der Waals surface area contributed by atoms with E-state index >= 15 is 0 Å². The summed E-state index contributed by atoms with van der Waals surface area (Å²) >= 11 is 0. The summed E-state index contributed by atoms with van der Waals surface area (Å²) in [5.41, 5.74) is 3.29. The predicted octanol–water partition coefficient (Wildman–Crippen LogP) is 4.99. The molecule has 1 amide bonds. The number of nitrogens with one attached hydrogen (secondary N) is 2. The van der Waals surface area contributed by atoms with Crippen molar-refractivity contribution in [3.8, 4) is 5.75 Å². The number of amides is 1. The van der Waals surface area contributed by atoms with Crippen molar-refractivity contribution in [3.05, 3.63) is 89.0 Å². The molecule has 0 bridgehead atoms. The smallest absolute Gasteiger partial charge is 0.261 e. The van der Waals surface area contributed by atoms with Gasteiger partial charge in [-0.25, -0.2) is 8.42 Å². The first-order valence-electron chi connectivity index (χ1n) is 10.4. The van der Waals surface area contributed by atoms with E-state index in [1.54, 1.807) is 56.5 Å². The number of benzene rings is 3. The number of anilines is 1. The lowest BCUT2D eigenvalue weighted by atomic mass is 10.0. The molecule has 0 aliphatic rings. The number of rotatable bonds is 8. The van der Waals surface area contributed by atoms with Gasteiger partial charge in [0, 0.05) is 5.56 Å². The SMILES string of the molecule is CC[C@@H](NC(=O)c1cccc(NS(=O)(=O)c2ccc(C)cc2)c1C)c1ccc(OC)cc1. The second-order valence-corrected chi connectivity index (χ2v) is 9.29. The molecule has 1 atom stereocenters. The van der Waals surface area contributed by atoms with Gasteiger partial charge < -0.3 is 10.1 Å². The molecule has 168 valence electrons. The van der Waals surface area contributed by atoms with E-state index in [0.717, 1.165) is 16.9 Å². The summed E-state index contributed by atoms with van der Waals surface area (Å²) in [7, 11) is -2.16. The molecule has 3 rings (SSSR count). The fraction of sp³-hybridized carbons (Fsp3) is 0.240. The molecule has 3 aromatic carbocycles. The Morgan fingerprint density at radius 3 is 2.22 bits per heavy atom. The zero-order chi connectivity index (χ0) is 23.3. The molecule has 2 N–H and O–H groups in total. The van der Waals surface area contributed by atoms with Gasteiger partial charge in [-0.1, -0.05) is 42.8 Å². The first-order valence-corrected chi connectivity index (χ1v) is 11.9. The van der Waals surface area contributed by atoms with Crippen LogP contribution in [0.2, 0.25) is 0 Å². The Balaban J connectivity index is 1.82. The molecule has 0 saturated heterocycles. The third-order valence-corrected chi connectivity index (χ3v) is 6.77. The molecule has 0 aromatic heterocycles. The van der Waals surface area contributed by atoms with Gasteiger partial charge >= 0.3 is 0 Å². The van der Waals surface area contributed by atoms with E-state index in [4.69, 9.17) is 4.74 Å². The molecule has 0 fully saturated rings. The number of ether oxygens (including phenoxy) is 1. The van der Waals surface area contributed by atoms with Crippen LogP contribution in [-0.2, 0) is 10.0 Å². The highest BCUT2D eigenvalue weighted by Gasteiger charge is 2.20. The van der Waals surface area contributed by atoms with Crippen molar-refractivity contribution in [2.75, 3.05) is 11.8 Å². The summed E-state index contributed by atoms with van der Waals surface area (Å²) < 4.78 is 33.4. The van der Waals surface area contributed by atoms with E-state index in [-0.39, 0.29) is 16.8 Å². The van der Waals surface area contributed by atoms with Gasteiger partial charge in [-0.15, -0.1) is 0 Å². The van der Waals surface area contributed by atoms with Crippen LogP contribution in [0, 0.1) is 13.8 Å². The summed E-state index contributed by atoms with van der Waals surface area (Å²) in [6.45, 7) is 5.62. The summed E-state index contributed by atoms with van der Waals surface area (Å²) in [6.07, 6.45) is 0.705. The minimum atomic E-state index is -3.77. The van der Waals surface area contributed by atoms with E-state index in [1.807, 2.05) is 38.1 Å². The predicted molar refractivity (Wildman–Crippen MR) is 127 cm³/mol. The number of hydrogen-bond acceptors (Lipinski definition) is 4. The molecular formula is C25H28N2O4S. The minimum Gasteiger partial charge on any atom is -0.497 e. The van der Waals surface area contributed by atoms with Crippen LogP contribution in [0.25, 0.3) is 0 Å². The van der Waals surface area contributed by atoms with E-state index in [9.17, 15) is 13.2 Å². The molecule has 0 spiro atoms. The van der Waals surface area contributed by atoms with E-state index in [0.29, 0.717) is 23.2 Å². The number of carbonyl (C=O) groups excluding carboxylic acids is 1. The van der Waals surface area contributed by atoms with Gasteiger partial charge in [-0.05, 0) is 67.8 Å². The number of sulfonamides is 1. The van der Waals surface area contributed by atoms with Gasteiger partial charge in [0.15, 0.2) is 0 Å². The second-order valence-electron chi connectivity index (χ2n) is 7.60. The lowest BCUT2D eigenvalue weighted by molar-refractivity contribution is 0.0935. The Morgan fingerprint density at radius 2 is 1.62 bits per heavy atom. The molecule has 0 unspecified atom stereocenters. The fourth-order valence-corrected chi connectivity index (χ4v) is 4.53. The molecule has 32 heavy (non-hydrogen) atoms. The normalized spacial score (nSPS) is 12.1. The van der Waals surface area contributed by atoms with Crippen LogP contribution in [-0.4, -0.2) is 21.4 Å². The van der Waals surface area contributed by atoms with Crippen LogP contribution in [0.3, 0.4) is 0 Å². The average molecular weight is 453 g/mol. The molecule has 0 saturated carbocycles.